The number of rotatable bonds is 8. The van der Waals surface area contributed by atoms with Crippen LogP contribution in [0.4, 0.5) is 0 Å². The summed E-state index contributed by atoms with van der Waals surface area (Å²) in [6, 6.07) is 11.6. The first-order chi connectivity index (χ1) is 9.45. The normalized spacial score (nSPS) is 11.8. The quantitative estimate of drug-likeness (QED) is 0.740. The van der Waals surface area contributed by atoms with E-state index >= 15 is 0 Å². The average Bonchev–Trinajstić information content (AvgIpc) is 2.42. The minimum Gasteiger partial charge on any atom is -0.212 e. The van der Waals surface area contributed by atoms with E-state index in [0.717, 1.165) is 5.56 Å². The Kier molecular flexibility index (Phi) is 6.69. The molecule has 0 saturated heterocycles. The van der Waals surface area contributed by atoms with E-state index in [0.29, 0.717) is 13.0 Å². The van der Waals surface area contributed by atoms with Gasteiger partial charge >= 0.3 is 0 Å². The number of hydrogen-bond acceptors (Lipinski definition) is 3. The molecule has 5 heteroatoms. The van der Waals surface area contributed by atoms with Crippen molar-refractivity contribution in [2.45, 2.75) is 26.7 Å². The highest BCUT2D eigenvalue weighted by Crippen LogP contribution is 2.10. The third kappa shape index (κ3) is 5.72. The Morgan fingerprint density at radius 2 is 1.90 bits per heavy atom. The van der Waals surface area contributed by atoms with E-state index in [1.54, 1.807) is 0 Å². The Hall–Kier alpha value is -1.38. The lowest BCUT2D eigenvalue weighted by Crippen LogP contribution is -2.37. The summed E-state index contributed by atoms with van der Waals surface area (Å²) in [5.41, 5.74) is 1.01. The van der Waals surface area contributed by atoms with Crippen LogP contribution in [-0.2, 0) is 16.4 Å². The lowest BCUT2D eigenvalue weighted by Gasteiger charge is -2.23. The fourth-order valence-corrected chi connectivity index (χ4v) is 3.59. The third-order valence-electron chi connectivity index (χ3n) is 2.93. The summed E-state index contributed by atoms with van der Waals surface area (Å²) in [5, 5.41) is 8.65. The highest BCUT2D eigenvalue weighted by molar-refractivity contribution is 7.89. The molecule has 0 heterocycles. The molecule has 0 fully saturated rings. The molecule has 1 rings (SSSR count). The molecule has 1 aromatic rings. The van der Waals surface area contributed by atoms with Gasteiger partial charge in [0.05, 0.1) is 11.8 Å². The lowest BCUT2D eigenvalue weighted by molar-refractivity contribution is 0.373. The number of benzene rings is 1. The highest BCUT2D eigenvalue weighted by Gasteiger charge is 2.22. The number of nitrogens with zero attached hydrogens (tertiary/aromatic N) is 2. The van der Waals surface area contributed by atoms with Gasteiger partial charge in [0.15, 0.2) is 0 Å². The number of sulfonamides is 1. The van der Waals surface area contributed by atoms with E-state index in [9.17, 15) is 8.42 Å². The van der Waals surface area contributed by atoms with Gasteiger partial charge in [0.1, 0.15) is 0 Å². The van der Waals surface area contributed by atoms with Crippen LogP contribution in [0, 0.1) is 17.2 Å². The van der Waals surface area contributed by atoms with E-state index in [1.807, 2.05) is 50.2 Å². The van der Waals surface area contributed by atoms with Crippen molar-refractivity contribution in [2.24, 2.45) is 5.92 Å². The molecule has 1 aromatic carbocycles. The molecule has 110 valence electrons. The predicted molar refractivity (Wildman–Crippen MR) is 80.6 cm³/mol. The second kappa shape index (κ2) is 8.03. The number of nitriles is 1. The molecule has 0 amide bonds. The molecule has 0 saturated carbocycles. The second-order valence-electron chi connectivity index (χ2n) is 5.21. The van der Waals surface area contributed by atoms with E-state index < -0.39 is 10.0 Å². The van der Waals surface area contributed by atoms with Crippen molar-refractivity contribution >= 4 is 10.0 Å². The summed E-state index contributed by atoms with van der Waals surface area (Å²) < 4.78 is 26.2. The minimum atomic E-state index is -3.31. The Morgan fingerprint density at radius 3 is 2.45 bits per heavy atom. The molecule has 20 heavy (non-hydrogen) atoms. The standard InChI is InChI=1S/C15H22N2O2S/c1-14(2)13-17(11-6-10-16)20(18,19)12-9-15-7-4-3-5-8-15/h3-5,7-8,14H,6,9,11-13H2,1-2H3. The molecule has 0 aliphatic carbocycles. The van der Waals surface area contributed by atoms with Gasteiger partial charge in [-0.25, -0.2) is 12.7 Å². The van der Waals surface area contributed by atoms with Crippen LogP contribution in [0.25, 0.3) is 0 Å². The van der Waals surface area contributed by atoms with Crippen LogP contribution in [0.3, 0.4) is 0 Å². The summed E-state index contributed by atoms with van der Waals surface area (Å²) in [7, 11) is -3.31. The van der Waals surface area contributed by atoms with Crippen molar-refractivity contribution in [3.8, 4) is 6.07 Å². The predicted octanol–water partition coefficient (Wildman–Crippen LogP) is 2.43. The van der Waals surface area contributed by atoms with Gasteiger partial charge in [-0.05, 0) is 17.9 Å². The molecular weight excluding hydrogens is 272 g/mol. The lowest BCUT2D eigenvalue weighted by atomic mass is 10.2. The molecule has 0 aromatic heterocycles. The van der Waals surface area contributed by atoms with Crippen LogP contribution in [0.2, 0.25) is 0 Å². The van der Waals surface area contributed by atoms with Gasteiger partial charge in [-0.15, -0.1) is 0 Å². The van der Waals surface area contributed by atoms with Gasteiger partial charge in [0, 0.05) is 19.5 Å². The molecular formula is C15H22N2O2S. The van der Waals surface area contributed by atoms with Crippen molar-refractivity contribution in [1.29, 1.82) is 5.26 Å². The smallest absolute Gasteiger partial charge is 0.212 e. The van der Waals surface area contributed by atoms with Gasteiger partial charge in [-0.1, -0.05) is 44.2 Å². The first kappa shape index (κ1) is 16.7. The van der Waals surface area contributed by atoms with Crippen molar-refractivity contribution in [2.75, 3.05) is 18.8 Å². The van der Waals surface area contributed by atoms with Gasteiger partial charge in [0.2, 0.25) is 10.0 Å². The summed E-state index contributed by atoms with van der Waals surface area (Å²) in [6.07, 6.45) is 0.738. The summed E-state index contributed by atoms with van der Waals surface area (Å²) in [4.78, 5) is 0. The largest absolute Gasteiger partial charge is 0.214 e. The monoisotopic (exact) mass is 294 g/mol. The van der Waals surface area contributed by atoms with E-state index in [4.69, 9.17) is 5.26 Å². The fraction of sp³-hybridized carbons (Fsp3) is 0.533. The van der Waals surface area contributed by atoms with Crippen LogP contribution < -0.4 is 0 Å². The Labute approximate surface area is 122 Å². The van der Waals surface area contributed by atoms with Gasteiger partial charge in [0.25, 0.3) is 0 Å². The fourth-order valence-electron chi connectivity index (χ4n) is 1.95. The Morgan fingerprint density at radius 1 is 1.25 bits per heavy atom. The molecule has 0 radical (unpaired) electrons. The zero-order valence-electron chi connectivity index (χ0n) is 12.1. The SMILES string of the molecule is CC(C)CN(CCC#N)S(=O)(=O)CCc1ccccc1. The van der Waals surface area contributed by atoms with Crippen LogP contribution in [-0.4, -0.2) is 31.6 Å². The maximum absolute atomic E-state index is 12.4. The van der Waals surface area contributed by atoms with Crippen molar-refractivity contribution in [1.82, 2.24) is 4.31 Å². The van der Waals surface area contributed by atoms with Crippen molar-refractivity contribution in [3.05, 3.63) is 35.9 Å². The molecule has 0 unspecified atom stereocenters. The zero-order valence-corrected chi connectivity index (χ0v) is 12.9. The van der Waals surface area contributed by atoms with E-state index in [2.05, 4.69) is 0 Å². The van der Waals surface area contributed by atoms with E-state index in [1.165, 1.54) is 4.31 Å². The Balaban J connectivity index is 2.69. The topological polar surface area (TPSA) is 61.2 Å². The van der Waals surface area contributed by atoms with Crippen LogP contribution in [0.1, 0.15) is 25.8 Å². The first-order valence-corrected chi connectivity index (χ1v) is 8.45. The molecule has 0 aliphatic heterocycles. The van der Waals surface area contributed by atoms with Crippen molar-refractivity contribution < 1.29 is 8.42 Å². The molecule has 0 atom stereocenters. The Bertz CT molecular complexity index is 533. The van der Waals surface area contributed by atoms with E-state index in [-0.39, 0.29) is 24.6 Å². The molecule has 0 bridgehead atoms. The first-order valence-electron chi connectivity index (χ1n) is 6.84. The average molecular weight is 294 g/mol. The maximum Gasteiger partial charge on any atom is 0.214 e. The number of hydrogen-bond donors (Lipinski definition) is 0. The van der Waals surface area contributed by atoms with Crippen LogP contribution in [0.5, 0.6) is 0 Å². The summed E-state index contributed by atoms with van der Waals surface area (Å²) >= 11 is 0. The van der Waals surface area contributed by atoms with Gasteiger partial charge < -0.3 is 0 Å². The molecule has 0 aliphatic rings. The molecule has 4 nitrogen and oxygen atoms in total. The zero-order chi connectivity index (χ0) is 15.0. The van der Waals surface area contributed by atoms with Gasteiger partial charge in [-0.2, -0.15) is 5.26 Å². The van der Waals surface area contributed by atoms with Crippen molar-refractivity contribution in [3.63, 3.8) is 0 Å². The molecule has 0 N–H and O–H groups in total. The minimum absolute atomic E-state index is 0.0924. The van der Waals surface area contributed by atoms with Crippen LogP contribution in [0.15, 0.2) is 30.3 Å². The second-order valence-corrected chi connectivity index (χ2v) is 7.30. The summed E-state index contributed by atoms with van der Waals surface area (Å²) in [6.45, 7) is 4.71. The highest BCUT2D eigenvalue weighted by atomic mass is 32.2. The third-order valence-corrected chi connectivity index (χ3v) is 4.77. The summed E-state index contributed by atoms with van der Waals surface area (Å²) in [5.74, 6) is 0.343. The maximum atomic E-state index is 12.4. The van der Waals surface area contributed by atoms with Gasteiger partial charge in [-0.3, -0.25) is 0 Å². The van der Waals surface area contributed by atoms with Crippen LogP contribution >= 0.6 is 0 Å². The molecule has 0 spiro atoms. The number of aryl methyl sites for hydroxylation is 1.